The molecule has 0 N–H and O–H groups in total. The Kier molecular flexibility index (Phi) is 13.7. The van der Waals surface area contributed by atoms with Crippen LogP contribution in [0.1, 0.15) is 40.9 Å². The van der Waals surface area contributed by atoms with E-state index in [4.69, 9.17) is 16.3 Å². The maximum Gasteiger partial charge on any atom is 0.164 e. The predicted octanol–water partition coefficient (Wildman–Crippen LogP) is 4.99. The van der Waals surface area contributed by atoms with Crippen LogP contribution in [-0.4, -0.2) is 45.1 Å². The molecule has 0 fully saturated rings. The minimum absolute atomic E-state index is 0.0201. The number of aldehydes is 1. The van der Waals surface area contributed by atoms with E-state index in [0.717, 1.165) is 23.0 Å². The van der Waals surface area contributed by atoms with Gasteiger partial charge in [-0.1, -0.05) is 42.5 Å². The molecule has 0 bridgehead atoms. The monoisotopic (exact) mass is 432 g/mol. The number of Topliss-reactive ketones (excluding diaryl/α,β-unsaturated/α-hetero) is 2. The van der Waals surface area contributed by atoms with Gasteiger partial charge in [0.15, 0.2) is 5.78 Å². The van der Waals surface area contributed by atoms with Crippen LogP contribution in [-0.2, 0) is 19.1 Å². The van der Waals surface area contributed by atoms with Crippen molar-refractivity contribution in [3.8, 4) is 0 Å². The molecule has 0 aromatic heterocycles. The fourth-order valence-corrected chi connectivity index (χ4v) is 2.47. The van der Waals surface area contributed by atoms with Crippen molar-refractivity contribution >= 4 is 40.8 Å². The van der Waals surface area contributed by atoms with Gasteiger partial charge in [0.25, 0.3) is 0 Å². The third-order valence-corrected chi connectivity index (χ3v) is 4.04. The summed E-state index contributed by atoms with van der Waals surface area (Å²) in [5.41, 5.74) is 3.58. The third-order valence-electron chi connectivity index (χ3n) is 3.66. The first-order valence-corrected chi connectivity index (χ1v) is 9.67. The highest BCUT2D eigenvalue weighted by molar-refractivity contribution is 6.27. The van der Waals surface area contributed by atoms with E-state index in [0.29, 0.717) is 16.9 Å². The number of halogens is 1. The molecule has 0 atom stereocenters. The molecule has 0 spiro atoms. The Morgan fingerprint density at radius 2 is 1.53 bits per heavy atom. The highest BCUT2D eigenvalue weighted by atomic mass is 35.5. The number of aryl methyl sites for hydroxylation is 1. The van der Waals surface area contributed by atoms with Crippen LogP contribution in [0.15, 0.2) is 48.5 Å². The molecule has 0 amide bonds. The zero-order valence-corrected chi connectivity index (χ0v) is 19.1. The van der Waals surface area contributed by atoms with Gasteiger partial charge in [0.2, 0.25) is 0 Å². The van der Waals surface area contributed by atoms with Gasteiger partial charge in [-0.25, -0.2) is 0 Å². The van der Waals surface area contributed by atoms with Crippen molar-refractivity contribution in [3.63, 3.8) is 0 Å². The summed E-state index contributed by atoms with van der Waals surface area (Å²) in [6.07, 6.45) is 0.794. The summed E-state index contributed by atoms with van der Waals surface area (Å²) in [6, 6.07) is 14.8. The van der Waals surface area contributed by atoms with Crippen LogP contribution < -0.4 is 0 Å². The molecule has 0 aliphatic rings. The Morgan fingerprint density at radius 3 is 1.90 bits per heavy atom. The van der Waals surface area contributed by atoms with Crippen LogP contribution in [0.2, 0.25) is 0 Å². The lowest BCUT2D eigenvalue weighted by molar-refractivity contribution is -0.114. The largest absolute Gasteiger partial charge is 0.495 e. The van der Waals surface area contributed by atoms with E-state index in [9.17, 15) is 14.4 Å². The summed E-state index contributed by atoms with van der Waals surface area (Å²) >= 11 is 4.99. The summed E-state index contributed by atoms with van der Waals surface area (Å²) in [4.78, 5) is 32.8. The molecule has 0 aliphatic carbocycles. The number of allylic oxidation sites excluding steroid dienone is 1. The molecule has 6 heteroatoms. The number of carbonyl (C=O) groups is 3. The van der Waals surface area contributed by atoms with Crippen LogP contribution in [0.3, 0.4) is 0 Å². The molecule has 2 aromatic rings. The Balaban J connectivity index is 0.000000902. The topological polar surface area (TPSA) is 69.7 Å². The molecule has 2 aromatic carbocycles. The van der Waals surface area contributed by atoms with Crippen LogP contribution in [0, 0.1) is 6.92 Å². The molecule has 2 rings (SSSR count). The smallest absolute Gasteiger partial charge is 0.164 e. The molecular formula is C24H29ClO5. The summed E-state index contributed by atoms with van der Waals surface area (Å²) in [7, 11) is 4.81. The summed E-state index contributed by atoms with van der Waals surface area (Å²) in [6.45, 7) is 4.85. The van der Waals surface area contributed by atoms with Crippen molar-refractivity contribution in [2.24, 2.45) is 0 Å². The molecule has 5 nitrogen and oxygen atoms in total. The van der Waals surface area contributed by atoms with Gasteiger partial charge in [-0.2, -0.15) is 0 Å². The minimum Gasteiger partial charge on any atom is -0.495 e. The fourth-order valence-electron chi connectivity index (χ4n) is 2.47. The molecule has 0 aliphatic heterocycles. The Bertz CT molecular complexity index is 857. The van der Waals surface area contributed by atoms with Crippen molar-refractivity contribution in [3.05, 3.63) is 70.8 Å². The van der Waals surface area contributed by atoms with Gasteiger partial charge in [0.05, 0.1) is 18.6 Å². The van der Waals surface area contributed by atoms with Crippen molar-refractivity contribution in [2.45, 2.75) is 20.8 Å². The lowest BCUT2D eigenvalue weighted by atomic mass is 9.93. The van der Waals surface area contributed by atoms with Gasteiger partial charge in [-0.3, -0.25) is 14.4 Å². The van der Waals surface area contributed by atoms with E-state index in [-0.39, 0.29) is 17.4 Å². The van der Waals surface area contributed by atoms with Gasteiger partial charge in [0, 0.05) is 25.3 Å². The van der Waals surface area contributed by atoms with E-state index >= 15 is 0 Å². The van der Waals surface area contributed by atoms with Gasteiger partial charge in [-0.05, 0) is 38.0 Å². The Morgan fingerprint density at radius 1 is 1.00 bits per heavy atom. The van der Waals surface area contributed by atoms with Crippen molar-refractivity contribution in [2.75, 3.05) is 27.2 Å². The van der Waals surface area contributed by atoms with E-state index in [1.54, 1.807) is 39.5 Å². The number of carbonyl (C=O) groups excluding carboxylic acids is 3. The molecule has 0 heterocycles. The zero-order chi connectivity index (χ0) is 23.1. The second-order valence-corrected chi connectivity index (χ2v) is 6.53. The van der Waals surface area contributed by atoms with Crippen LogP contribution >= 0.6 is 11.6 Å². The molecule has 0 saturated carbocycles. The maximum atomic E-state index is 12.2. The minimum atomic E-state index is -0.0809. The SMILES string of the molecule is CC(=O)CCl.CO/C(=C(/C(C)=O)c1ccc(C=O)cc1C)c1ccccc1.COC. The van der Waals surface area contributed by atoms with Gasteiger partial charge < -0.3 is 9.47 Å². The Hall–Kier alpha value is -2.76. The first-order chi connectivity index (χ1) is 14.3. The summed E-state index contributed by atoms with van der Waals surface area (Å²) in [5, 5.41) is 0. The van der Waals surface area contributed by atoms with Gasteiger partial charge in [-0.15, -0.1) is 11.6 Å². The van der Waals surface area contributed by atoms with Crippen LogP contribution in [0.4, 0.5) is 0 Å². The van der Waals surface area contributed by atoms with Crippen LogP contribution in [0.5, 0.6) is 0 Å². The predicted molar refractivity (Wildman–Crippen MR) is 122 cm³/mol. The molecular weight excluding hydrogens is 404 g/mol. The van der Waals surface area contributed by atoms with E-state index in [1.807, 2.05) is 37.3 Å². The number of alkyl halides is 1. The molecule has 0 unspecified atom stereocenters. The van der Waals surface area contributed by atoms with Crippen molar-refractivity contribution in [1.29, 1.82) is 0 Å². The quantitative estimate of drug-likeness (QED) is 0.211. The average molecular weight is 433 g/mol. The lowest BCUT2D eigenvalue weighted by Gasteiger charge is -2.15. The first kappa shape index (κ1) is 27.2. The molecule has 162 valence electrons. The molecule has 30 heavy (non-hydrogen) atoms. The second-order valence-electron chi connectivity index (χ2n) is 6.27. The van der Waals surface area contributed by atoms with E-state index in [1.165, 1.54) is 13.8 Å². The third kappa shape index (κ3) is 9.16. The first-order valence-electron chi connectivity index (χ1n) is 9.13. The number of hydrogen-bond donors (Lipinski definition) is 0. The van der Waals surface area contributed by atoms with Crippen molar-refractivity contribution < 1.29 is 23.9 Å². The summed E-state index contributed by atoms with van der Waals surface area (Å²) < 4.78 is 9.77. The standard InChI is InChI=1S/C19H18O3.C3H5ClO.C2H6O/c1-13-11-15(12-20)9-10-17(13)18(14(2)21)19(22-3)16-7-5-4-6-8-16;1-3(5)2-4;1-3-2/h4-12H,1-3H3;2H2,1H3;1-2H3/b19-18-;;. The maximum absolute atomic E-state index is 12.2. The zero-order valence-electron chi connectivity index (χ0n) is 18.3. The van der Waals surface area contributed by atoms with E-state index < -0.39 is 0 Å². The number of benzene rings is 2. The fraction of sp³-hybridized carbons (Fsp3) is 0.292. The molecule has 0 saturated heterocycles. The highest BCUT2D eigenvalue weighted by Crippen LogP contribution is 2.30. The van der Waals surface area contributed by atoms with Gasteiger partial charge in [0.1, 0.15) is 17.8 Å². The average Bonchev–Trinajstić information content (AvgIpc) is 2.73. The van der Waals surface area contributed by atoms with Crippen molar-refractivity contribution in [1.82, 2.24) is 0 Å². The Labute approximate surface area is 183 Å². The summed E-state index contributed by atoms with van der Waals surface area (Å²) in [5.74, 6) is 0.615. The van der Waals surface area contributed by atoms with E-state index in [2.05, 4.69) is 4.74 Å². The lowest BCUT2D eigenvalue weighted by Crippen LogP contribution is -2.04. The second kappa shape index (κ2) is 15.1. The number of methoxy groups -OCH3 is 2. The highest BCUT2D eigenvalue weighted by Gasteiger charge is 2.18. The number of ketones is 2. The molecule has 0 radical (unpaired) electrons. The normalized spacial score (nSPS) is 10.4. The number of rotatable bonds is 6. The van der Waals surface area contributed by atoms with Gasteiger partial charge >= 0.3 is 0 Å². The van der Waals surface area contributed by atoms with Crippen LogP contribution in [0.25, 0.3) is 11.3 Å². The number of hydrogen-bond acceptors (Lipinski definition) is 5. The number of ether oxygens (including phenoxy) is 2.